The van der Waals surface area contributed by atoms with Crippen molar-refractivity contribution < 1.29 is 18.7 Å². The van der Waals surface area contributed by atoms with Crippen molar-refractivity contribution in [3.8, 4) is 0 Å². The summed E-state index contributed by atoms with van der Waals surface area (Å²) in [6.07, 6.45) is 5.76. The van der Waals surface area contributed by atoms with Crippen LogP contribution in [0, 0.1) is 5.92 Å². The number of methoxy groups -OCH3 is 1. The lowest BCUT2D eigenvalue weighted by Crippen LogP contribution is -2.68. The molecule has 3 aromatic rings. The molecule has 0 aromatic carbocycles. The van der Waals surface area contributed by atoms with Crippen LogP contribution in [0.25, 0.3) is 5.65 Å². The third-order valence-electron chi connectivity index (χ3n) is 8.21. The number of aromatic amines is 1. The number of ether oxygens (including phenoxy) is 2. The number of hydrogen-bond acceptors (Lipinski definition) is 7. The molecular weight excluding hydrogens is 465 g/mol. The van der Waals surface area contributed by atoms with Crippen LogP contribution in [-0.4, -0.2) is 55.6 Å². The first-order valence-electron chi connectivity index (χ1n) is 12.8. The van der Waals surface area contributed by atoms with Crippen LogP contribution < -0.4 is 10.6 Å². The summed E-state index contributed by atoms with van der Waals surface area (Å²) in [6, 6.07) is 3.83. The second-order valence-electron chi connectivity index (χ2n) is 11.0. The predicted molar refractivity (Wildman–Crippen MR) is 128 cm³/mol. The molecule has 0 unspecified atom stereocenters. The van der Waals surface area contributed by atoms with Crippen molar-refractivity contribution in [1.82, 2.24) is 29.9 Å². The fraction of sp³-hybridized carbons (Fsp3) is 0.600. The molecule has 8 rings (SSSR count). The minimum atomic E-state index is -1.29. The number of nitrogens with one attached hydrogen (secondary N) is 3. The SMILES string of the molecule is COCc1cn2c(Nc3cc([C@@H]4CC[C@H](OC(=O)NC56CC(C5)C6)[C@H]4F)[nH]n3)nc(C3CC3)cc2n1. The van der Waals surface area contributed by atoms with Crippen LogP contribution in [0.1, 0.15) is 73.9 Å². The van der Waals surface area contributed by atoms with Crippen molar-refractivity contribution in [2.24, 2.45) is 5.92 Å². The van der Waals surface area contributed by atoms with Gasteiger partial charge in [-0.1, -0.05) is 0 Å². The standard InChI is InChI=1S/C25H30FN7O3/c1-35-12-15-11-33-21(27-15)7-17(14-2-3-14)28-23(33)29-20-6-18(31-32-20)16-4-5-19(22(16)26)36-24(34)30-25-8-13(9-25)10-25/h6-7,11,13-14,16,19,22H,2-5,8-10,12H2,1H3,(H,30,34)(H2,28,29,31,32)/t13?,16-,19-,22-,25?/m0/s1. The zero-order valence-electron chi connectivity index (χ0n) is 20.2. The molecule has 5 aliphatic carbocycles. The molecule has 5 aliphatic rings. The Bertz CT molecular complexity index is 1300. The first-order chi connectivity index (χ1) is 17.5. The lowest BCUT2D eigenvalue weighted by atomic mass is 9.50. The molecule has 0 spiro atoms. The minimum Gasteiger partial charge on any atom is -0.443 e. The zero-order valence-corrected chi connectivity index (χ0v) is 20.2. The Balaban J connectivity index is 1.05. The van der Waals surface area contributed by atoms with Gasteiger partial charge >= 0.3 is 6.09 Å². The molecule has 2 bridgehead atoms. The molecule has 3 N–H and O–H groups in total. The lowest BCUT2D eigenvalue weighted by molar-refractivity contribution is -0.0532. The van der Waals surface area contributed by atoms with Gasteiger partial charge in [0, 0.05) is 48.5 Å². The maximum atomic E-state index is 15.3. The van der Waals surface area contributed by atoms with E-state index in [4.69, 9.17) is 14.5 Å². The highest BCUT2D eigenvalue weighted by Gasteiger charge is 2.58. The summed E-state index contributed by atoms with van der Waals surface area (Å²) < 4.78 is 27.9. The third kappa shape index (κ3) is 3.80. The minimum absolute atomic E-state index is 0.0780. The second kappa shape index (κ2) is 8.16. The monoisotopic (exact) mass is 495 g/mol. The molecule has 10 nitrogen and oxygen atoms in total. The van der Waals surface area contributed by atoms with E-state index >= 15 is 4.39 Å². The van der Waals surface area contributed by atoms with Gasteiger partial charge in [-0.3, -0.25) is 9.50 Å². The highest BCUT2D eigenvalue weighted by Crippen LogP contribution is 2.57. The zero-order chi connectivity index (χ0) is 24.4. The average molecular weight is 496 g/mol. The first-order valence-corrected chi connectivity index (χ1v) is 12.8. The van der Waals surface area contributed by atoms with E-state index in [0.717, 1.165) is 55.1 Å². The summed E-state index contributed by atoms with van der Waals surface area (Å²) in [6.45, 7) is 0.411. The molecule has 0 radical (unpaired) electrons. The average Bonchev–Trinajstić information content (AvgIpc) is 3.26. The van der Waals surface area contributed by atoms with Crippen molar-refractivity contribution in [2.75, 3.05) is 12.4 Å². The summed E-state index contributed by atoms with van der Waals surface area (Å²) in [7, 11) is 1.64. The highest BCUT2D eigenvalue weighted by atomic mass is 19.1. The van der Waals surface area contributed by atoms with Crippen LogP contribution in [0.2, 0.25) is 0 Å². The van der Waals surface area contributed by atoms with Gasteiger partial charge in [-0.15, -0.1) is 0 Å². The number of alkyl carbamates (subject to hydrolysis) is 1. The molecule has 3 aromatic heterocycles. The number of halogens is 1. The van der Waals surface area contributed by atoms with E-state index in [0.29, 0.717) is 42.8 Å². The number of anilines is 2. The Morgan fingerprint density at radius 3 is 2.78 bits per heavy atom. The predicted octanol–water partition coefficient (Wildman–Crippen LogP) is 4.08. The van der Waals surface area contributed by atoms with E-state index in [1.54, 1.807) is 7.11 Å². The molecule has 0 aliphatic heterocycles. The van der Waals surface area contributed by atoms with Gasteiger partial charge in [-0.2, -0.15) is 5.10 Å². The van der Waals surface area contributed by atoms with E-state index in [1.807, 2.05) is 22.7 Å². The molecule has 5 saturated carbocycles. The van der Waals surface area contributed by atoms with Gasteiger partial charge in [0.25, 0.3) is 0 Å². The van der Waals surface area contributed by atoms with Gasteiger partial charge < -0.3 is 20.1 Å². The van der Waals surface area contributed by atoms with E-state index in [9.17, 15) is 4.79 Å². The summed E-state index contributed by atoms with van der Waals surface area (Å²) in [5.41, 5.74) is 3.22. The molecule has 3 heterocycles. The summed E-state index contributed by atoms with van der Waals surface area (Å²) in [5.74, 6) is 1.96. The summed E-state index contributed by atoms with van der Waals surface area (Å²) >= 11 is 0. The van der Waals surface area contributed by atoms with Crippen LogP contribution in [0.3, 0.4) is 0 Å². The number of imidazole rings is 1. The van der Waals surface area contributed by atoms with Crippen molar-refractivity contribution in [2.45, 2.75) is 81.2 Å². The van der Waals surface area contributed by atoms with Crippen LogP contribution in [-0.2, 0) is 16.1 Å². The van der Waals surface area contributed by atoms with E-state index < -0.39 is 24.3 Å². The number of carbonyl (C=O) groups is 1. The van der Waals surface area contributed by atoms with E-state index in [2.05, 4.69) is 25.8 Å². The van der Waals surface area contributed by atoms with Crippen molar-refractivity contribution in [1.29, 1.82) is 0 Å². The quantitative estimate of drug-likeness (QED) is 0.431. The summed E-state index contributed by atoms with van der Waals surface area (Å²) in [4.78, 5) is 21.8. The fourth-order valence-electron chi connectivity index (χ4n) is 6.04. The largest absolute Gasteiger partial charge is 0.443 e. The molecular formula is C25H30FN7O3. The van der Waals surface area contributed by atoms with Gasteiger partial charge in [0.2, 0.25) is 5.95 Å². The Morgan fingerprint density at radius 2 is 2.06 bits per heavy atom. The number of rotatable bonds is 8. The van der Waals surface area contributed by atoms with Gasteiger partial charge in [0.05, 0.1) is 18.0 Å². The van der Waals surface area contributed by atoms with E-state index in [1.165, 1.54) is 0 Å². The Labute approximate surface area is 207 Å². The number of H-pyrrole nitrogens is 1. The van der Waals surface area contributed by atoms with Crippen LogP contribution in [0.4, 0.5) is 21.0 Å². The first kappa shape index (κ1) is 22.0. The van der Waals surface area contributed by atoms with Crippen LogP contribution >= 0.6 is 0 Å². The number of hydrogen-bond donors (Lipinski definition) is 3. The second-order valence-corrected chi connectivity index (χ2v) is 11.0. The Hall–Kier alpha value is -3.21. The molecule has 36 heavy (non-hydrogen) atoms. The number of fused-ring (bicyclic) bond motifs is 1. The highest BCUT2D eigenvalue weighted by molar-refractivity contribution is 5.69. The molecule has 3 atom stereocenters. The maximum absolute atomic E-state index is 15.3. The number of nitrogens with zero attached hydrogens (tertiary/aromatic N) is 4. The maximum Gasteiger partial charge on any atom is 0.407 e. The Morgan fingerprint density at radius 1 is 1.22 bits per heavy atom. The van der Waals surface area contributed by atoms with Crippen LogP contribution in [0.5, 0.6) is 0 Å². The number of alkyl halides is 1. The van der Waals surface area contributed by atoms with E-state index in [-0.39, 0.29) is 5.54 Å². The smallest absolute Gasteiger partial charge is 0.407 e. The van der Waals surface area contributed by atoms with Gasteiger partial charge in [-0.05, 0) is 50.9 Å². The van der Waals surface area contributed by atoms with Crippen molar-refractivity contribution in [3.05, 3.63) is 35.4 Å². The number of amides is 1. The molecule has 0 saturated heterocycles. The molecule has 11 heteroatoms. The Kier molecular flexibility index (Phi) is 4.99. The summed E-state index contributed by atoms with van der Waals surface area (Å²) in [5, 5.41) is 13.6. The molecule has 1 amide bonds. The van der Waals surface area contributed by atoms with Gasteiger partial charge in [0.1, 0.15) is 17.9 Å². The lowest BCUT2D eigenvalue weighted by Gasteiger charge is -2.61. The topological polar surface area (TPSA) is 118 Å². The van der Waals surface area contributed by atoms with Crippen molar-refractivity contribution in [3.63, 3.8) is 0 Å². The normalized spacial score (nSPS) is 30.6. The van der Waals surface area contributed by atoms with Crippen LogP contribution in [0.15, 0.2) is 18.3 Å². The molecule has 5 fully saturated rings. The van der Waals surface area contributed by atoms with Crippen molar-refractivity contribution >= 4 is 23.5 Å². The third-order valence-corrected chi connectivity index (χ3v) is 8.21. The van der Waals surface area contributed by atoms with Gasteiger partial charge in [0.15, 0.2) is 5.82 Å². The van der Waals surface area contributed by atoms with Gasteiger partial charge in [-0.25, -0.2) is 19.2 Å². The fourth-order valence-corrected chi connectivity index (χ4v) is 6.04. The number of carbonyl (C=O) groups excluding carboxylic acids is 1. The molecule has 190 valence electrons. The number of aromatic nitrogens is 5.